The molecular weight excluding hydrogens is 148 g/mol. The second kappa shape index (κ2) is 3.04. The summed E-state index contributed by atoms with van der Waals surface area (Å²) in [4.78, 5) is 10.9. The maximum absolute atomic E-state index is 10.9. The van der Waals surface area contributed by atoms with E-state index in [2.05, 4.69) is 26.8 Å². The van der Waals surface area contributed by atoms with Crippen molar-refractivity contribution in [2.24, 2.45) is 11.3 Å². The zero-order valence-electron chi connectivity index (χ0n) is 8.48. The average Bonchev–Trinajstić information content (AvgIpc) is 2.36. The van der Waals surface area contributed by atoms with Gasteiger partial charge in [-0.2, -0.15) is 0 Å². The zero-order valence-corrected chi connectivity index (χ0v) is 8.48. The van der Waals surface area contributed by atoms with Gasteiger partial charge in [0.2, 0.25) is 0 Å². The van der Waals surface area contributed by atoms with Gasteiger partial charge in [0.1, 0.15) is 5.78 Å². The number of rotatable bonds is 3. The van der Waals surface area contributed by atoms with Crippen molar-refractivity contribution in [1.82, 2.24) is 0 Å². The predicted octanol–water partition coefficient (Wildman–Crippen LogP) is 2.96. The molecule has 12 heavy (non-hydrogen) atoms. The van der Waals surface area contributed by atoms with Crippen molar-refractivity contribution >= 4 is 5.78 Å². The SMILES string of the molecule is CC(=O)CC1(C)CC1C=C(C)C. The van der Waals surface area contributed by atoms with Gasteiger partial charge in [0.25, 0.3) is 0 Å². The molecule has 1 rings (SSSR count). The van der Waals surface area contributed by atoms with Crippen molar-refractivity contribution in [3.63, 3.8) is 0 Å². The number of carbonyl (C=O) groups excluding carboxylic acids is 1. The summed E-state index contributed by atoms with van der Waals surface area (Å²) in [6.07, 6.45) is 4.24. The fourth-order valence-electron chi connectivity index (χ4n) is 1.88. The zero-order chi connectivity index (χ0) is 9.35. The van der Waals surface area contributed by atoms with E-state index in [1.165, 1.54) is 12.0 Å². The van der Waals surface area contributed by atoms with Crippen LogP contribution in [0.2, 0.25) is 0 Å². The molecule has 0 radical (unpaired) electrons. The van der Waals surface area contributed by atoms with Crippen LogP contribution in [0.25, 0.3) is 0 Å². The number of hydrogen-bond donors (Lipinski definition) is 0. The lowest BCUT2D eigenvalue weighted by atomic mass is 9.99. The number of ketones is 1. The van der Waals surface area contributed by atoms with Crippen LogP contribution in [0.15, 0.2) is 11.6 Å². The molecule has 0 spiro atoms. The van der Waals surface area contributed by atoms with Crippen LogP contribution in [0.4, 0.5) is 0 Å². The van der Waals surface area contributed by atoms with Crippen molar-refractivity contribution in [3.05, 3.63) is 11.6 Å². The third kappa shape index (κ3) is 2.20. The smallest absolute Gasteiger partial charge is 0.130 e. The molecule has 0 aromatic carbocycles. The Kier molecular flexibility index (Phi) is 2.41. The highest BCUT2D eigenvalue weighted by Crippen LogP contribution is 2.56. The van der Waals surface area contributed by atoms with E-state index in [0.29, 0.717) is 17.1 Å². The van der Waals surface area contributed by atoms with E-state index in [1.54, 1.807) is 6.92 Å². The van der Waals surface area contributed by atoms with E-state index >= 15 is 0 Å². The quantitative estimate of drug-likeness (QED) is 0.589. The highest BCUT2D eigenvalue weighted by molar-refractivity contribution is 5.76. The average molecular weight is 166 g/mol. The fraction of sp³-hybridized carbons (Fsp3) is 0.727. The van der Waals surface area contributed by atoms with Gasteiger partial charge < -0.3 is 4.79 Å². The van der Waals surface area contributed by atoms with Crippen LogP contribution in [-0.2, 0) is 4.79 Å². The van der Waals surface area contributed by atoms with E-state index in [9.17, 15) is 4.79 Å². The summed E-state index contributed by atoms with van der Waals surface area (Å²) in [6, 6.07) is 0. The molecule has 0 bridgehead atoms. The van der Waals surface area contributed by atoms with E-state index in [-0.39, 0.29) is 0 Å². The van der Waals surface area contributed by atoms with Crippen LogP contribution in [-0.4, -0.2) is 5.78 Å². The summed E-state index contributed by atoms with van der Waals surface area (Å²) >= 11 is 0. The van der Waals surface area contributed by atoms with Crippen LogP contribution >= 0.6 is 0 Å². The minimum absolute atomic E-state index is 0.295. The van der Waals surface area contributed by atoms with Gasteiger partial charge in [0.15, 0.2) is 0 Å². The third-order valence-corrected chi connectivity index (χ3v) is 2.61. The van der Waals surface area contributed by atoms with Gasteiger partial charge in [-0.15, -0.1) is 0 Å². The Bertz CT molecular complexity index is 223. The lowest BCUT2D eigenvalue weighted by molar-refractivity contribution is -0.118. The van der Waals surface area contributed by atoms with Crippen molar-refractivity contribution in [1.29, 1.82) is 0 Å². The fourth-order valence-corrected chi connectivity index (χ4v) is 1.88. The summed E-state index contributed by atoms with van der Waals surface area (Å²) in [6.45, 7) is 8.13. The van der Waals surface area contributed by atoms with Gasteiger partial charge in [0, 0.05) is 6.42 Å². The van der Waals surface area contributed by atoms with Crippen molar-refractivity contribution in [2.45, 2.75) is 40.5 Å². The molecular formula is C11H18O. The molecule has 0 aromatic heterocycles. The number of carbonyl (C=O) groups is 1. The largest absolute Gasteiger partial charge is 0.300 e. The second-order valence-electron chi connectivity index (χ2n) is 4.59. The molecule has 0 amide bonds. The summed E-state index contributed by atoms with van der Waals surface area (Å²) in [5.41, 5.74) is 1.66. The first-order valence-electron chi connectivity index (χ1n) is 4.58. The molecule has 2 unspecified atom stereocenters. The van der Waals surface area contributed by atoms with Crippen LogP contribution in [0.3, 0.4) is 0 Å². The van der Waals surface area contributed by atoms with Crippen LogP contribution in [0, 0.1) is 11.3 Å². The number of hydrogen-bond acceptors (Lipinski definition) is 1. The second-order valence-corrected chi connectivity index (χ2v) is 4.59. The molecule has 68 valence electrons. The van der Waals surface area contributed by atoms with Gasteiger partial charge >= 0.3 is 0 Å². The van der Waals surface area contributed by atoms with Gasteiger partial charge in [-0.3, -0.25) is 0 Å². The minimum Gasteiger partial charge on any atom is -0.300 e. The Morgan fingerprint density at radius 1 is 1.50 bits per heavy atom. The van der Waals surface area contributed by atoms with Crippen LogP contribution < -0.4 is 0 Å². The third-order valence-electron chi connectivity index (χ3n) is 2.61. The van der Waals surface area contributed by atoms with Crippen LogP contribution in [0.5, 0.6) is 0 Å². The molecule has 0 aliphatic heterocycles. The standard InChI is InChI=1S/C11H18O/c1-8(2)5-10-7-11(10,4)6-9(3)12/h5,10H,6-7H2,1-4H3. The molecule has 1 saturated carbocycles. The Morgan fingerprint density at radius 3 is 2.50 bits per heavy atom. The molecule has 1 aliphatic carbocycles. The van der Waals surface area contributed by atoms with E-state index < -0.39 is 0 Å². The lowest BCUT2D eigenvalue weighted by Gasteiger charge is -2.05. The first-order chi connectivity index (χ1) is 5.44. The lowest BCUT2D eigenvalue weighted by Crippen LogP contribution is -2.03. The van der Waals surface area contributed by atoms with Crippen LogP contribution in [0.1, 0.15) is 40.5 Å². The molecule has 0 N–H and O–H groups in total. The summed E-state index contributed by atoms with van der Waals surface area (Å²) in [7, 11) is 0. The van der Waals surface area contributed by atoms with Gasteiger partial charge in [-0.1, -0.05) is 18.6 Å². The van der Waals surface area contributed by atoms with E-state index in [4.69, 9.17) is 0 Å². The summed E-state index contributed by atoms with van der Waals surface area (Å²) < 4.78 is 0. The first-order valence-corrected chi connectivity index (χ1v) is 4.58. The number of Topliss-reactive ketones (excluding diaryl/α,β-unsaturated/α-hetero) is 1. The minimum atomic E-state index is 0.295. The molecule has 0 heterocycles. The molecule has 1 heteroatoms. The first kappa shape index (κ1) is 9.50. The molecule has 1 aliphatic rings. The van der Waals surface area contributed by atoms with Crippen molar-refractivity contribution in [3.8, 4) is 0 Å². The molecule has 0 aromatic rings. The van der Waals surface area contributed by atoms with E-state index in [1.807, 2.05) is 0 Å². The van der Waals surface area contributed by atoms with Crippen molar-refractivity contribution < 1.29 is 4.79 Å². The monoisotopic (exact) mass is 166 g/mol. The molecule has 1 fully saturated rings. The summed E-state index contributed by atoms with van der Waals surface area (Å²) in [5.74, 6) is 0.980. The predicted molar refractivity (Wildman–Crippen MR) is 50.9 cm³/mol. The number of allylic oxidation sites excluding steroid dienone is 2. The van der Waals surface area contributed by atoms with Crippen molar-refractivity contribution in [2.75, 3.05) is 0 Å². The topological polar surface area (TPSA) is 17.1 Å². The van der Waals surface area contributed by atoms with E-state index in [0.717, 1.165) is 6.42 Å². The highest BCUT2D eigenvalue weighted by atomic mass is 16.1. The Labute approximate surface area is 74.9 Å². The maximum atomic E-state index is 10.9. The Morgan fingerprint density at radius 2 is 2.08 bits per heavy atom. The summed E-state index contributed by atoms with van der Waals surface area (Å²) in [5, 5.41) is 0. The molecule has 2 atom stereocenters. The molecule has 0 saturated heterocycles. The molecule has 1 nitrogen and oxygen atoms in total. The van der Waals surface area contributed by atoms with Gasteiger partial charge in [-0.05, 0) is 38.5 Å². The Hall–Kier alpha value is -0.590. The Balaban J connectivity index is 2.48. The van der Waals surface area contributed by atoms with Gasteiger partial charge in [-0.25, -0.2) is 0 Å². The van der Waals surface area contributed by atoms with Gasteiger partial charge in [0.05, 0.1) is 0 Å². The normalized spacial score (nSPS) is 32.8. The highest BCUT2D eigenvalue weighted by Gasteiger charge is 2.48. The maximum Gasteiger partial charge on any atom is 0.130 e.